The smallest absolute Gasteiger partial charge is 0.306 e. The Morgan fingerprint density at radius 3 is 2.83 bits per heavy atom. The predicted octanol–water partition coefficient (Wildman–Crippen LogP) is 4.08. The fourth-order valence-electron chi connectivity index (χ4n) is 2.57. The van der Waals surface area contributed by atoms with Crippen LogP contribution < -0.4 is 0 Å². The Kier molecular flexibility index (Phi) is 3.91. The number of rotatable bonds is 5. The summed E-state index contributed by atoms with van der Waals surface area (Å²) in [5, 5.41) is 9.33. The normalized spacial score (nSPS) is 23.7. The van der Waals surface area contributed by atoms with E-state index in [1.165, 1.54) is 6.07 Å². The Balaban J connectivity index is 2.12. The third-order valence-corrected chi connectivity index (χ3v) is 4.06. The molecule has 1 saturated carbocycles. The van der Waals surface area contributed by atoms with Gasteiger partial charge in [0.25, 0.3) is 0 Å². The van der Waals surface area contributed by atoms with Gasteiger partial charge in [0.15, 0.2) is 0 Å². The monoisotopic (exact) mass is 270 g/mol. The Morgan fingerprint density at radius 2 is 2.33 bits per heavy atom. The number of hydrogen-bond acceptors (Lipinski definition) is 1. The summed E-state index contributed by atoms with van der Waals surface area (Å²) in [6.07, 6.45) is 2.18. The van der Waals surface area contributed by atoms with Gasteiger partial charge in [0.05, 0.1) is 5.92 Å². The van der Waals surface area contributed by atoms with Gasteiger partial charge in [0, 0.05) is 10.6 Å². The number of benzene rings is 1. The van der Waals surface area contributed by atoms with Crippen LogP contribution in [-0.4, -0.2) is 11.1 Å². The van der Waals surface area contributed by atoms with Crippen molar-refractivity contribution < 1.29 is 14.3 Å². The maximum absolute atomic E-state index is 13.8. The predicted molar refractivity (Wildman–Crippen MR) is 68.3 cm³/mol. The molecule has 1 aromatic carbocycles. The Bertz CT molecular complexity index is 441. The summed E-state index contributed by atoms with van der Waals surface area (Å²) in [5.74, 6) is -1.10. The average Bonchev–Trinajstić information content (AvgIpc) is 3.06. The van der Waals surface area contributed by atoms with Crippen molar-refractivity contribution in [1.82, 2.24) is 0 Å². The van der Waals surface area contributed by atoms with Crippen molar-refractivity contribution in [1.29, 1.82) is 0 Å². The standard InChI is InChI=1S/C14H16ClFO2/c1-2-8(6-9-7-10(9)14(17)18)13-11(15)4-3-5-12(13)16/h3-5,8-10H,2,6-7H2,1H3,(H,17,18). The Morgan fingerprint density at radius 1 is 1.61 bits per heavy atom. The van der Waals surface area contributed by atoms with E-state index in [0.717, 1.165) is 6.42 Å². The van der Waals surface area contributed by atoms with Crippen LogP contribution in [-0.2, 0) is 4.79 Å². The molecule has 1 N–H and O–H groups in total. The first-order valence-corrected chi connectivity index (χ1v) is 6.59. The van der Waals surface area contributed by atoms with Gasteiger partial charge in [-0.1, -0.05) is 24.6 Å². The van der Waals surface area contributed by atoms with Crippen molar-refractivity contribution in [2.75, 3.05) is 0 Å². The molecule has 3 atom stereocenters. The van der Waals surface area contributed by atoms with Gasteiger partial charge in [-0.15, -0.1) is 0 Å². The zero-order valence-corrected chi connectivity index (χ0v) is 11.0. The number of carbonyl (C=O) groups is 1. The third-order valence-electron chi connectivity index (χ3n) is 3.73. The SMILES string of the molecule is CCC(CC1CC1C(=O)O)c1c(F)cccc1Cl. The van der Waals surface area contributed by atoms with Gasteiger partial charge in [-0.2, -0.15) is 0 Å². The van der Waals surface area contributed by atoms with Crippen LogP contribution in [0.15, 0.2) is 18.2 Å². The summed E-state index contributed by atoms with van der Waals surface area (Å²) in [5.41, 5.74) is 0.540. The first-order valence-electron chi connectivity index (χ1n) is 6.21. The average molecular weight is 271 g/mol. The van der Waals surface area contributed by atoms with Crippen molar-refractivity contribution in [2.24, 2.45) is 11.8 Å². The van der Waals surface area contributed by atoms with E-state index in [1.807, 2.05) is 6.92 Å². The molecule has 0 spiro atoms. The molecular weight excluding hydrogens is 255 g/mol. The van der Waals surface area contributed by atoms with Crippen LogP contribution in [0.5, 0.6) is 0 Å². The van der Waals surface area contributed by atoms with E-state index < -0.39 is 5.97 Å². The molecule has 2 nitrogen and oxygen atoms in total. The molecule has 0 heterocycles. The second-order valence-corrected chi connectivity index (χ2v) is 5.32. The molecule has 2 rings (SSSR count). The molecule has 0 radical (unpaired) electrons. The van der Waals surface area contributed by atoms with Crippen molar-refractivity contribution in [3.05, 3.63) is 34.6 Å². The van der Waals surface area contributed by atoms with Crippen molar-refractivity contribution >= 4 is 17.6 Å². The summed E-state index contributed by atoms with van der Waals surface area (Å²) >= 11 is 6.05. The lowest BCUT2D eigenvalue weighted by Crippen LogP contribution is -2.06. The molecule has 1 aliphatic carbocycles. The lowest BCUT2D eigenvalue weighted by atomic mass is 9.90. The lowest BCUT2D eigenvalue weighted by molar-refractivity contribution is -0.138. The van der Waals surface area contributed by atoms with Crippen molar-refractivity contribution in [3.63, 3.8) is 0 Å². The summed E-state index contributed by atoms with van der Waals surface area (Å²) in [6, 6.07) is 4.68. The first kappa shape index (κ1) is 13.3. The molecular formula is C14H16ClFO2. The summed E-state index contributed by atoms with van der Waals surface area (Å²) in [4.78, 5) is 10.8. The highest BCUT2D eigenvalue weighted by atomic mass is 35.5. The fraction of sp³-hybridized carbons (Fsp3) is 0.500. The van der Waals surface area contributed by atoms with Crippen LogP contribution in [0.2, 0.25) is 5.02 Å². The largest absolute Gasteiger partial charge is 0.481 e. The van der Waals surface area contributed by atoms with Crippen LogP contribution in [0.1, 0.15) is 37.7 Å². The van der Waals surface area contributed by atoms with E-state index >= 15 is 0 Å². The molecule has 1 aromatic rings. The highest BCUT2D eigenvalue weighted by Gasteiger charge is 2.44. The minimum absolute atomic E-state index is 0.00745. The second-order valence-electron chi connectivity index (χ2n) is 4.92. The third kappa shape index (κ3) is 2.66. The maximum Gasteiger partial charge on any atom is 0.306 e. The van der Waals surface area contributed by atoms with Gasteiger partial charge in [-0.05, 0) is 43.2 Å². The maximum atomic E-state index is 13.8. The van der Waals surface area contributed by atoms with Gasteiger partial charge in [-0.25, -0.2) is 4.39 Å². The molecule has 0 saturated heterocycles. The van der Waals surface area contributed by atoms with Crippen LogP contribution >= 0.6 is 11.6 Å². The molecule has 98 valence electrons. The van der Waals surface area contributed by atoms with E-state index in [4.69, 9.17) is 16.7 Å². The number of carboxylic acids is 1. The summed E-state index contributed by atoms with van der Waals surface area (Å²) < 4.78 is 13.8. The molecule has 3 unspecified atom stereocenters. The molecule has 1 fully saturated rings. The summed E-state index contributed by atoms with van der Waals surface area (Å²) in [6.45, 7) is 1.98. The molecule has 4 heteroatoms. The van der Waals surface area contributed by atoms with Crippen molar-refractivity contribution in [3.8, 4) is 0 Å². The zero-order valence-electron chi connectivity index (χ0n) is 10.2. The molecule has 0 amide bonds. The molecule has 0 bridgehead atoms. The number of aliphatic carboxylic acids is 1. The Labute approximate surface area is 111 Å². The number of hydrogen-bond donors (Lipinski definition) is 1. The summed E-state index contributed by atoms with van der Waals surface area (Å²) in [7, 11) is 0. The quantitative estimate of drug-likeness (QED) is 0.875. The zero-order chi connectivity index (χ0) is 13.3. The van der Waals surface area contributed by atoms with Crippen LogP contribution in [0, 0.1) is 17.7 Å². The van der Waals surface area contributed by atoms with Gasteiger partial charge >= 0.3 is 5.97 Å². The first-order chi connectivity index (χ1) is 8.54. The fourth-order valence-corrected chi connectivity index (χ4v) is 2.88. The number of carboxylic acid groups (broad SMARTS) is 1. The Hall–Kier alpha value is -1.09. The van der Waals surface area contributed by atoms with Gasteiger partial charge in [0.2, 0.25) is 0 Å². The molecule has 0 aliphatic heterocycles. The topological polar surface area (TPSA) is 37.3 Å². The second kappa shape index (κ2) is 5.27. The van der Waals surface area contributed by atoms with Gasteiger partial charge in [-0.3, -0.25) is 4.79 Å². The van der Waals surface area contributed by atoms with E-state index in [9.17, 15) is 9.18 Å². The van der Waals surface area contributed by atoms with Crippen molar-refractivity contribution in [2.45, 2.75) is 32.1 Å². The van der Waals surface area contributed by atoms with Gasteiger partial charge in [0.1, 0.15) is 5.82 Å². The number of halogens is 2. The van der Waals surface area contributed by atoms with E-state index in [1.54, 1.807) is 12.1 Å². The highest BCUT2D eigenvalue weighted by Crippen LogP contribution is 2.47. The molecule has 0 aromatic heterocycles. The minimum Gasteiger partial charge on any atom is -0.481 e. The van der Waals surface area contributed by atoms with Crippen LogP contribution in [0.25, 0.3) is 0 Å². The van der Waals surface area contributed by atoms with Gasteiger partial charge < -0.3 is 5.11 Å². The van der Waals surface area contributed by atoms with Crippen LogP contribution in [0.4, 0.5) is 4.39 Å². The molecule has 1 aliphatic rings. The van der Waals surface area contributed by atoms with E-state index in [2.05, 4.69) is 0 Å². The lowest BCUT2D eigenvalue weighted by Gasteiger charge is -2.17. The highest BCUT2D eigenvalue weighted by molar-refractivity contribution is 6.31. The minimum atomic E-state index is -0.741. The molecule has 18 heavy (non-hydrogen) atoms. The van der Waals surface area contributed by atoms with Crippen LogP contribution in [0.3, 0.4) is 0 Å². The van der Waals surface area contributed by atoms with E-state index in [-0.39, 0.29) is 23.6 Å². The van der Waals surface area contributed by atoms with E-state index in [0.29, 0.717) is 23.4 Å².